The molecule has 0 aromatic rings. The Kier molecular flexibility index (Phi) is 23.1. The molecule has 125 valence electrons. The maximum atomic E-state index is 2.32. The molecule has 0 unspecified atom stereocenters. The number of rotatable bonds is 15. The molecule has 0 N–H and O–H groups in total. The summed E-state index contributed by atoms with van der Waals surface area (Å²) in [6.07, 6.45) is 22.2. The molecule has 0 aliphatic rings. The third kappa shape index (κ3) is 17.0. The normalized spacial score (nSPS) is 10.8. The molecular weight excluding hydrogens is 306 g/mol. The van der Waals surface area contributed by atoms with Gasteiger partial charge in [-0.2, -0.15) is 0 Å². The number of unbranched alkanes of at least 4 members (excludes halogenated alkanes) is 9. The molecule has 0 spiro atoms. The van der Waals surface area contributed by atoms with E-state index in [2.05, 4.69) is 20.8 Å². The molecule has 0 aliphatic carbocycles. The summed E-state index contributed by atoms with van der Waals surface area (Å²) in [5.41, 5.74) is 0. The molecule has 0 aromatic carbocycles. The zero-order valence-corrected chi connectivity index (χ0v) is 16.3. The quantitative estimate of drug-likeness (QED) is 0.217. The second-order valence-corrected chi connectivity index (χ2v) is 8.71. The smallest absolute Gasteiger partial charge is 0 e. The molecule has 0 bridgehead atoms. The van der Waals surface area contributed by atoms with E-state index in [1.807, 2.05) is 0 Å². The van der Waals surface area contributed by atoms with E-state index in [0.29, 0.717) is 7.92 Å². The van der Waals surface area contributed by atoms with Crippen molar-refractivity contribution in [2.45, 2.75) is 97.8 Å². The summed E-state index contributed by atoms with van der Waals surface area (Å²) in [5.74, 6) is 0. The largest absolute Gasteiger partial charge is 0.107 e. The van der Waals surface area contributed by atoms with Crippen molar-refractivity contribution in [2.75, 3.05) is 18.5 Å². The Morgan fingerprint density at radius 1 is 0.450 bits per heavy atom. The molecule has 0 saturated heterocycles. The first-order valence-electron chi connectivity index (χ1n) is 9.07. The van der Waals surface area contributed by atoms with Gasteiger partial charge in [0.05, 0.1) is 0 Å². The van der Waals surface area contributed by atoms with Gasteiger partial charge >= 0.3 is 0 Å². The summed E-state index contributed by atoms with van der Waals surface area (Å²) < 4.78 is 0. The van der Waals surface area contributed by atoms with Gasteiger partial charge in [-0.3, -0.25) is 0 Å². The second-order valence-electron chi connectivity index (χ2n) is 6.02. The van der Waals surface area contributed by atoms with Crippen molar-refractivity contribution >= 4 is 7.92 Å². The van der Waals surface area contributed by atoms with E-state index >= 15 is 0 Å². The Morgan fingerprint density at radius 2 is 0.750 bits per heavy atom. The van der Waals surface area contributed by atoms with Gasteiger partial charge in [0, 0.05) is 16.8 Å². The zero-order chi connectivity index (χ0) is 14.2. The van der Waals surface area contributed by atoms with E-state index in [0.717, 1.165) is 0 Å². The first-order chi connectivity index (χ1) is 9.35. The molecule has 0 rings (SSSR count). The standard InChI is InChI=1S/C18H39P.Co/c1-4-7-10-13-16-19(17-14-11-8-5-2)18-15-12-9-6-3;/h4-18H2,1-3H3;. The van der Waals surface area contributed by atoms with Crippen LogP contribution in [0.15, 0.2) is 0 Å². The topological polar surface area (TPSA) is 0 Å². The molecule has 0 aromatic heterocycles. The van der Waals surface area contributed by atoms with Gasteiger partial charge in [0.15, 0.2) is 0 Å². The molecule has 0 atom stereocenters. The zero-order valence-electron chi connectivity index (χ0n) is 14.4. The van der Waals surface area contributed by atoms with Gasteiger partial charge in [0.2, 0.25) is 0 Å². The van der Waals surface area contributed by atoms with E-state index in [1.165, 1.54) is 77.0 Å². The van der Waals surface area contributed by atoms with Crippen LogP contribution in [0, 0.1) is 0 Å². The minimum atomic E-state index is 0. The fourth-order valence-electron chi connectivity index (χ4n) is 2.62. The van der Waals surface area contributed by atoms with E-state index in [9.17, 15) is 0 Å². The monoisotopic (exact) mass is 345 g/mol. The SMILES string of the molecule is CCCCCCP(CCCCCC)CCCCCC.[Co]. The minimum absolute atomic E-state index is 0. The van der Waals surface area contributed by atoms with Crippen LogP contribution in [0.1, 0.15) is 97.8 Å². The number of hydrogen-bond donors (Lipinski definition) is 0. The number of hydrogen-bond acceptors (Lipinski definition) is 0. The van der Waals surface area contributed by atoms with Crippen LogP contribution in [-0.4, -0.2) is 18.5 Å². The van der Waals surface area contributed by atoms with Crippen molar-refractivity contribution in [2.24, 2.45) is 0 Å². The van der Waals surface area contributed by atoms with Crippen LogP contribution in [0.4, 0.5) is 0 Å². The third-order valence-electron chi connectivity index (χ3n) is 3.98. The molecular formula is C18H39CoP. The minimum Gasteiger partial charge on any atom is -0.107 e. The van der Waals surface area contributed by atoms with E-state index in [-0.39, 0.29) is 16.8 Å². The van der Waals surface area contributed by atoms with Crippen molar-refractivity contribution in [3.05, 3.63) is 0 Å². The molecule has 0 fully saturated rings. The van der Waals surface area contributed by atoms with E-state index < -0.39 is 0 Å². The average molecular weight is 345 g/mol. The van der Waals surface area contributed by atoms with Crippen LogP contribution >= 0.6 is 7.92 Å². The molecule has 1 radical (unpaired) electrons. The van der Waals surface area contributed by atoms with Gasteiger partial charge < -0.3 is 0 Å². The molecule has 20 heavy (non-hydrogen) atoms. The summed E-state index contributed by atoms with van der Waals surface area (Å²) in [6.45, 7) is 6.95. The average Bonchev–Trinajstić information content (AvgIpc) is 2.43. The molecule has 0 saturated carbocycles. The third-order valence-corrected chi connectivity index (χ3v) is 6.83. The fraction of sp³-hybridized carbons (Fsp3) is 1.00. The molecule has 0 heterocycles. The Labute approximate surface area is 141 Å². The van der Waals surface area contributed by atoms with Gasteiger partial charge in [-0.15, -0.1) is 7.92 Å². The summed E-state index contributed by atoms with van der Waals surface area (Å²) >= 11 is 0. The van der Waals surface area contributed by atoms with Crippen molar-refractivity contribution in [3.63, 3.8) is 0 Å². The summed E-state index contributed by atoms with van der Waals surface area (Å²) in [7, 11) is 0.389. The van der Waals surface area contributed by atoms with Crippen molar-refractivity contribution in [1.82, 2.24) is 0 Å². The van der Waals surface area contributed by atoms with Crippen LogP contribution < -0.4 is 0 Å². The summed E-state index contributed by atoms with van der Waals surface area (Å²) in [6, 6.07) is 0. The van der Waals surface area contributed by atoms with Crippen molar-refractivity contribution in [3.8, 4) is 0 Å². The van der Waals surface area contributed by atoms with Crippen molar-refractivity contribution < 1.29 is 16.8 Å². The second kappa shape index (κ2) is 19.9. The predicted octanol–water partition coefficient (Wildman–Crippen LogP) is 7.21. The predicted molar refractivity (Wildman–Crippen MR) is 93.9 cm³/mol. The van der Waals surface area contributed by atoms with Crippen molar-refractivity contribution in [1.29, 1.82) is 0 Å². The van der Waals surface area contributed by atoms with Crippen LogP contribution in [0.3, 0.4) is 0 Å². The first-order valence-corrected chi connectivity index (χ1v) is 11.0. The van der Waals surface area contributed by atoms with Gasteiger partial charge in [-0.1, -0.05) is 78.6 Å². The van der Waals surface area contributed by atoms with Gasteiger partial charge in [-0.25, -0.2) is 0 Å². The Hall–Kier alpha value is 0.936. The summed E-state index contributed by atoms with van der Waals surface area (Å²) in [4.78, 5) is 0. The fourth-order valence-corrected chi connectivity index (χ4v) is 5.31. The maximum Gasteiger partial charge on any atom is 0 e. The molecule has 0 aliphatic heterocycles. The summed E-state index contributed by atoms with van der Waals surface area (Å²) in [5, 5.41) is 0. The van der Waals surface area contributed by atoms with Crippen LogP contribution in [0.25, 0.3) is 0 Å². The van der Waals surface area contributed by atoms with Crippen LogP contribution in [-0.2, 0) is 16.8 Å². The van der Waals surface area contributed by atoms with Crippen LogP contribution in [0.5, 0.6) is 0 Å². The van der Waals surface area contributed by atoms with E-state index in [1.54, 1.807) is 18.5 Å². The van der Waals surface area contributed by atoms with E-state index in [4.69, 9.17) is 0 Å². The molecule has 2 heteroatoms. The van der Waals surface area contributed by atoms with Gasteiger partial charge in [0.25, 0.3) is 0 Å². The van der Waals surface area contributed by atoms with Crippen LogP contribution in [0.2, 0.25) is 0 Å². The molecule has 0 amide bonds. The Morgan fingerprint density at radius 3 is 1.00 bits per heavy atom. The Bertz CT molecular complexity index is 133. The molecule has 0 nitrogen and oxygen atoms in total. The van der Waals surface area contributed by atoms with Gasteiger partial charge in [0.1, 0.15) is 0 Å². The maximum absolute atomic E-state index is 2.32. The van der Waals surface area contributed by atoms with Gasteiger partial charge in [-0.05, 0) is 37.7 Å². The first kappa shape index (κ1) is 23.2. The Balaban J connectivity index is 0.